The molecule has 2 aromatic heterocycles. The van der Waals surface area contributed by atoms with Gasteiger partial charge in [-0.05, 0) is 42.7 Å². The fourth-order valence-corrected chi connectivity index (χ4v) is 4.72. The number of anilines is 1. The van der Waals surface area contributed by atoms with Crippen LogP contribution in [0.1, 0.15) is 24.0 Å². The van der Waals surface area contributed by atoms with Crippen LogP contribution in [0.5, 0.6) is 0 Å². The molecule has 0 aliphatic heterocycles. The number of hydrogen-bond donors (Lipinski definition) is 2. The highest BCUT2D eigenvalue weighted by Gasteiger charge is 2.30. The highest BCUT2D eigenvalue weighted by atomic mass is 32.2. The lowest BCUT2D eigenvalue weighted by Gasteiger charge is -2.20. The third kappa shape index (κ3) is 5.88. The first kappa shape index (κ1) is 25.7. The van der Waals surface area contributed by atoms with E-state index in [-0.39, 0.29) is 12.0 Å². The molecular weight excluding hydrogens is 498 g/mol. The molecule has 0 aliphatic carbocycles. The van der Waals surface area contributed by atoms with Crippen LogP contribution in [0, 0.1) is 10.1 Å². The van der Waals surface area contributed by atoms with Gasteiger partial charge >= 0.3 is 0 Å². The molecule has 1 amide bonds. The molecule has 12 heteroatoms. The normalized spacial score (nSPS) is 12.2. The van der Waals surface area contributed by atoms with E-state index in [1.807, 2.05) is 6.92 Å². The Morgan fingerprint density at radius 3 is 2.43 bits per heavy atom. The summed E-state index contributed by atoms with van der Waals surface area (Å²) >= 11 is 0. The van der Waals surface area contributed by atoms with Crippen molar-refractivity contribution in [3.63, 3.8) is 0 Å². The van der Waals surface area contributed by atoms with Gasteiger partial charge in [-0.3, -0.25) is 24.4 Å². The molecule has 37 heavy (non-hydrogen) atoms. The van der Waals surface area contributed by atoms with Gasteiger partial charge in [0.25, 0.3) is 15.8 Å². The van der Waals surface area contributed by atoms with Crippen molar-refractivity contribution < 1.29 is 22.7 Å². The summed E-state index contributed by atoms with van der Waals surface area (Å²) in [5.41, 5.74) is 1.47. The summed E-state index contributed by atoms with van der Waals surface area (Å²) in [7, 11) is -4.79. The second-order valence-electron chi connectivity index (χ2n) is 8.15. The number of hydrogen-bond acceptors (Lipinski definition) is 7. The van der Waals surface area contributed by atoms with E-state index in [0.717, 1.165) is 23.8 Å². The molecule has 0 fully saturated rings. The lowest BCUT2D eigenvalue weighted by Crippen LogP contribution is -2.26. The summed E-state index contributed by atoms with van der Waals surface area (Å²) in [6, 6.07) is 16.9. The summed E-state index contributed by atoms with van der Waals surface area (Å²) < 4.78 is 35.8. The Labute approximate surface area is 212 Å². The van der Waals surface area contributed by atoms with E-state index >= 15 is 0 Å². The molecule has 0 bridgehead atoms. The highest BCUT2D eigenvalue weighted by molar-refractivity contribution is 7.85. The van der Waals surface area contributed by atoms with Crippen LogP contribution < -0.4 is 5.32 Å². The topological polar surface area (TPSA) is 157 Å². The molecule has 190 valence electrons. The van der Waals surface area contributed by atoms with Crippen molar-refractivity contribution in [3.8, 4) is 11.3 Å². The van der Waals surface area contributed by atoms with Crippen LogP contribution in [-0.4, -0.2) is 38.6 Å². The first-order valence-corrected chi connectivity index (χ1v) is 12.7. The Kier molecular flexibility index (Phi) is 7.41. The highest BCUT2D eigenvalue weighted by Crippen LogP contribution is 2.32. The first-order valence-electron chi connectivity index (χ1n) is 11.3. The van der Waals surface area contributed by atoms with Gasteiger partial charge in [-0.15, -0.1) is 0 Å². The quantitative estimate of drug-likeness (QED) is 0.189. The van der Waals surface area contributed by atoms with Crippen LogP contribution >= 0.6 is 0 Å². The Balaban J connectivity index is 1.79. The van der Waals surface area contributed by atoms with Crippen molar-refractivity contribution in [2.45, 2.75) is 30.7 Å². The number of nitro benzene ring substituents is 1. The van der Waals surface area contributed by atoms with Crippen molar-refractivity contribution in [1.82, 2.24) is 14.8 Å². The maximum atomic E-state index is 13.7. The fourth-order valence-electron chi connectivity index (χ4n) is 3.99. The number of aryl methyl sites for hydroxylation is 1. The zero-order valence-electron chi connectivity index (χ0n) is 19.7. The van der Waals surface area contributed by atoms with Crippen LogP contribution in [0.3, 0.4) is 0 Å². The van der Waals surface area contributed by atoms with E-state index in [1.54, 1.807) is 65.6 Å². The van der Waals surface area contributed by atoms with Crippen molar-refractivity contribution in [3.05, 3.63) is 100 Å². The van der Waals surface area contributed by atoms with Crippen molar-refractivity contribution in [2.24, 2.45) is 0 Å². The number of aromatic nitrogens is 3. The number of rotatable bonds is 9. The molecule has 4 rings (SSSR count). The molecule has 0 saturated carbocycles. The summed E-state index contributed by atoms with van der Waals surface area (Å²) in [6.45, 7) is 2.27. The van der Waals surface area contributed by atoms with E-state index in [9.17, 15) is 27.9 Å². The Bertz CT molecular complexity index is 1540. The van der Waals surface area contributed by atoms with Crippen LogP contribution in [0.2, 0.25) is 0 Å². The van der Waals surface area contributed by atoms with Crippen LogP contribution in [0.15, 0.2) is 84.0 Å². The predicted molar refractivity (Wildman–Crippen MR) is 136 cm³/mol. The minimum Gasteiger partial charge on any atom is -0.310 e. The number of nitrogens with one attached hydrogen (secondary N) is 1. The number of nitro groups is 1. The molecule has 0 radical (unpaired) electrons. The van der Waals surface area contributed by atoms with Crippen LogP contribution in [0.25, 0.3) is 11.3 Å². The van der Waals surface area contributed by atoms with E-state index < -0.39 is 37.4 Å². The van der Waals surface area contributed by atoms with Gasteiger partial charge < -0.3 is 5.32 Å². The molecule has 1 atom stereocenters. The van der Waals surface area contributed by atoms with E-state index in [0.29, 0.717) is 23.6 Å². The van der Waals surface area contributed by atoms with Gasteiger partial charge in [0.15, 0.2) is 0 Å². The maximum absolute atomic E-state index is 13.7. The smallest absolute Gasteiger partial charge is 0.294 e. The van der Waals surface area contributed by atoms with Gasteiger partial charge in [0, 0.05) is 42.7 Å². The lowest BCUT2D eigenvalue weighted by atomic mass is 9.90. The number of benzene rings is 2. The summed E-state index contributed by atoms with van der Waals surface area (Å²) in [5, 5.41) is 18.8. The fraction of sp³-hybridized carbons (Fsp3) is 0.160. The Morgan fingerprint density at radius 2 is 1.81 bits per heavy atom. The number of carbonyl (C=O) groups is 1. The summed E-state index contributed by atoms with van der Waals surface area (Å²) in [4.78, 5) is 27.9. The molecular formula is C25H23N5O6S. The molecule has 0 aliphatic rings. The van der Waals surface area contributed by atoms with Gasteiger partial charge in [-0.25, -0.2) is 4.68 Å². The number of carbonyl (C=O) groups excluding carboxylic acids is 1. The van der Waals surface area contributed by atoms with Crippen LogP contribution in [0.4, 0.5) is 11.5 Å². The third-order valence-electron chi connectivity index (χ3n) is 5.76. The van der Waals surface area contributed by atoms with Crippen molar-refractivity contribution in [2.75, 3.05) is 5.32 Å². The lowest BCUT2D eigenvalue weighted by molar-refractivity contribution is -0.385. The van der Waals surface area contributed by atoms with Gasteiger partial charge in [0.1, 0.15) is 5.82 Å². The standard InChI is InChI=1S/C25H23N5O6S/c1-2-29-24(16-22(28-29)18-10-12-26-13-11-18)27-25(31)21(14-17-6-4-3-5-7-17)20-15-19(30(32)33)8-9-23(20)37(34,35)36/h3-13,15-16,21H,2,14H2,1H3,(H,27,31)(H,34,35,36)/t21-/m1/s1. The molecule has 2 heterocycles. The molecule has 0 saturated heterocycles. The number of nitrogens with zero attached hydrogens (tertiary/aromatic N) is 4. The van der Waals surface area contributed by atoms with Crippen molar-refractivity contribution >= 4 is 27.5 Å². The van der Waals surface area contributed by atoms with Gasteiger partial charge in [-0.2, -0.15) is 13.5 Å². The maximum Gasteiger partial charge on any atom is 0.294 e. The zero-order valence-corrected chi connectivity index (χ0v) is 20.5. The van der Waals surface area contributed by atoms with Gasteiger partial charge in [0.2, 0.25) is 5.91 Å². The summed E-state index contributed by atoms with van der Waals surface area (Å²) in [5.74, 6) is -1.45. The average Bonchev–Trinajstić information content (AvgIpc) is 3.30. The van der Waals surface area contributed by atoms with Crippen molar-refractivity contribution in [1.29, 1.82) is 0 Å². The molecule has 0 unspecified atom stereocenters. The van der Waals surface area contributed by atoms with E-state index in [1.165, 1.54) is 0 Å². The van der Waals surface area contributed by atoms with E-state index in [4.69, 9.17) is 0 Å². The Morgan fingerprint density at radius 1 is 1.11 bits per heavy atom. The molecule has 2 aromatic carbocycles. The SMILES string of the molecule is CCn1nc(-c2ccncc2)cc1NC(=O)[C@H](Cc1ccccc1)c1cc([N+](=O)[O-])ccc1S(=O)(=O)O. The predicted octanol–water partition coefficient (Wildman–Crippen LogP) is 4.08. The van der Waals surface area contributed by atoms with Gasteiger partial charge in [-0.1, -0.05) is 30.3 Å². The number of non-ortho nitro benzene ring substituents is 1. The largest absolute Gasteiger partial charge is 0.310 e. The van der Waals surface area contributed by atoms with E-state index in [2.05, 4.69) is 15.4 Å². The second kappa shape index (κ2) is 10.7. The molecule has 11 nitrogen and oxygen atoms in total. The zero-order chi connectivity index (χ0) is 26.6. The monoisotopic (exact) mass is 521 g/mol. The molecule has 4 aromatic rings. The van der Waals surface area contributed by atoms with Gasteiger partial charge in [0.05, 0.1) is 21.4 Å². The minimum atomic E-state index is -4.79. The van der Waals surface area contributed by atoms with Crippen LogP contribution in [-0.2, 0) is 27.9 Å². The third-order valence-corrected chi connectivity index (χ3v) is 6.69. The second-order valence-corrected chi connectivity index (χ2v) is 9.54. The molecule has 2 N–H and O–H groups in total. The summed E-state index contributed by atoms with van der Waals surface area (Å²) in [6.07, 6.45) is 3.26. The number of pyridine rings is 1. The minimum absolute atomic E-state index is 0.0217. The molecule has 0 spiro atoms. The Hall–Kier alpha value is -4.42. The average molecular weight is 522 g/mol. The number of amides is 1. The first-order chi connectivity index (χ1) is 17.7.